The highest BCUT2D eigenvalue weighted by molar-refractivity contribution is 5.45. The summed E-state index contributed by atoms with van der Waals surface area (Å²) in [6.07, 6.45) is 4.80. The number of allylic oxidation sites excluding steroid dienone is 1. The second-order valence-electron chi connectivity index (χ2n) is 6.29. The Kier molecular flexibility index (Phi) is 7.96. The molecule has 2 nitrogen and oxygen atoms in total. The van der Waals surface area contributed by atoms with Gasteiger partial charge in [0.2, 0.25) is 0 Å². The Morgan fingerprint density at radius 1 is 0.952 bits per heavy atom. The molecular formula is C19H30O2. The number of hydrogen-bond acceptors (Lipinski definition) is 2. The van der Waals surface area contributed by atoms with Gasteiger partial charge in [0, 0.05) is 5.56 Å². The Hall–Kier alpha value is -1.44. The molecule has 0 spiro atoms. The molecule has 0 aromatic heterocycles. The summed E-state index contributed by atoms with van der Waals surface area (Å²) in [5, 5.41) is 0. The van der Waals surface area contributed by atoms with Crippen molar-refractivity contribution in [2.45, 2.75) is 47.0 Å². The third-order valence-corrected chi connectivity index (χ3v) is 3.34. The SMILES string of the molecule is C=CCc1c(OCCC(C)C)cccc1OCCC(C)C. The molecule has 0 fully saturated rings. The van der Waals surface area contributed by atoms with Crippen LogP contribution < -0.4 is 9.47 Å². The molecule has 118 valence electrons. The number of benzene rings is 1. The summed E-state index contributed by atoms with van der Waals surface area (Å²) in [5.41, 5.74) is 1.11. The van der Waals surface area contributed by atoms with Crippen molar-refractivity contribution in [3.05, 3.63) is 36.4 Å². The molecule has 1 aromatic rings. The molecule has 0 aliphatic heterocycles. The fourth-order valence-electron chi connectivity index (χ4n) is 1.97. The lowest BCUT2D eigenvalue weighted by Gasteiger charge is -2.16. The first-order chi connectivity index (χ1) is 10.0. The van der Waals surface area contributed by atoms with E-state index in [1.165, 1.54) is 0 Å². The molecular weight excluding hydrogens is 260 g/mol. The van der Waals surface area contributed by atoms with Crippen molar-refractivity contribution >= 4 is 0 Å². The van der Waals surface area contributed by atoms with E-state index in [4.69, 9.17) is 9.47 Å². The van der Waals surface area contributed by atoms with Crippen LogP contribution in [0.1, 0.15) is 46.1 Å². The highest BCUT2D eigenvalue weighted by atomic mass is 16.5. The maximum absolute atomic E-state index is 5.94. The van der Waals surface area contributed by atoms with Gasteiger partial charge in [-0.3, -0.25) is 0 Å². The van der Waals surface area contributed by atoms with E-state index in [2.05, 4.69) is 34.3 Å². The van der Waals surface area contributed by atoms with E-state index in [-0.39, 0.29) is 0 Å². The van der Waals surface area contributed by atoms with E-state index in [9.17, 15) is 0 Å². The number of rotatable bonds is 10. The first kappa shape index (κ1) is 17.6. The fourth-order valence-corrected chi connectivity index (χ4v) is 1.97. The van der Waals surface area contributed by atoms with Gasteiger partial charge in [-0.2, -0.15) is 0 Å². The van der Waals surface area contributed by atoms with E-state index in [0.29, 0.717) is 11.8 Å². The second kappa shape index (κ2) is 9.49. The van der Waals surface area contributed by atoms with Gasteiger partial charge in [0.1, 0.15) is 11.5 Å². The number of hydrogen-bond donors (Lipinski definition) is 0. The molecule has 0 bridgehead atoms. The summed E-state index contributed by atoms with van der Waals surface area (Å²) < 4.78 is 11.9. The monoisotopic (exact) mass is 290 g/mol. The van der Waals surface area contributed by atoms with Crippen molar-refractivity contribution in [1.29, 1.82) is 0 Å². The zero-order valence-electron chi connectivity index (χ0n) is 14.0. The topological polar surface area (TPSA) is 18.5 Å². The molecule has 1 aromatic carbocycles. The van der Waals surface area contributed by atoms with Crippen molar-refractivity contribution in [2.24, 2.45) is 11.8 Å². The first-order valence-corrected chi connectivity index (χ1v) is 8.03. The number of ether oxygens (including phenoxy) is 2. The largest absolute Gasteiger partial charge is 0.493 e. The highest BCUT2D eigenvalue weighted by Gasteiger charge is 2.10. The highest BCUT2D eigenvalue weighted by Crippen LogP contribution is 2.30. The minimum atomic E-state index is 0.651. The summed E-state index contributed by atoms with van der Waals surface area (Å²) in [5.74, 6) is 3.16. The van der Waals surface area contributed by atoms with Crippen LogP contribution in [0.4, 0.5) is 0 Å². The standard InChI is InChI=1S/C19H30O2/c1-6-8-17-18(20-13-11-15(2)3)9-7-10-19(17)21-14-12-16(4)5/h6-7,9-10,15-16H,1,8,11-14H2,2-5H3. The molecule has 0 aliphatic rings. The molecule has 0 unspecified atom stereocenters. The van der Waals surface area contributed by atoms with Crippen LogP contribution in [0.25, 0.3) is 0 Å². The third-order valence-electron chi connectivity index (χ3n) is 3.34. The van der Waals surface area contributed by atoms with E-state index < -0.39 is 0 Å². The fraction of sp³-hybridized carbons (Fsp3) is 0.579. The second-order valence-corrected chi connectivity index (χ2v) is 6.29. The van der Waals surface area contributed by atoms with Gasteiger partial charge in [-0.05, 0) is 43.2 Å². The van der Waals surface area contributed by atoms with Crippen molar-refractivity contribution in [2.75, 3.05) is 13.2 Å². The third kappa shape index (κ3) is 6.70. The van der Waals surface area contributed by atoms with Gasteiger partial charge >= 0.3 is 0 Å². The zero-order valence-corrected chi connectivity index (χ0v) is 14.0. The molecule has 0 heterocycles. The van der Waals surface area contributed by atoms with Gasteiger partial charge in [0.05, 0.1) is 13.2 Å². The van der Waals surface area contributed by atoms with Crippen molar-refractivity contribution < 1.29 is 9.47 Å². The maximum atomic E-state index is 5.94. The average molecular weight is 290 g/mol. The first-order valence-electron chi connectivity index (χ1n) is 8.03. The molecule has 0 saturated heterocycles. The van der Waals surface area contributed by atoms with E-state index >= 15 is 0 Å². The summed E-state index contributed by atoms with van der Waals surface area (Å²) >= 11 is 0. The van der Waals surface area contributed by atoms with Crippen LogP contribution in [0, 0.1) is 11.8 Å². The zero-order chi connectivity index (χ0) is 15.7. The average Bonchev–Trinajstić information content (AvgIpc) is 2.41. The van der Waals surface area contributed by atoms with Crippen LogP contribution in [0.3, 0.4) is 0 Å². The maximum Gasteiger partial charge on any atom is 0.126 e. The predicted molar refractivity (Wildman–Crippen MR) is 90.2 cm³/mol. The van der Waals surface area contributed by atoms with Gasteiger partial charge in [-0.25, -0.2) is 0 Å². The minimum absolute atomic E-state index is 0.651. The Morgan fingerprint density at radius 3 is 1.81 bits per heavy atom. The van der Waals surface area contributed by atoms with Gasteiger partial charge in [-0.1, -0.05) is 39.8 Å². The predicted octanol–water partition coefficient (Wildman–Crippen LogP) is 5.26. The van der Waals surface area contributed by atoms with Crippen LogP contribution in [0.15, 0.2) is 30.9 Å². The lowest BCUT2D eigenvalue weighted by Crippen LogP contribution is -2.06. The normalized spacial score (nSPS) is 11.0. The molecule has 0 aliphatic carbocycles. The molecule has 1 rings (SSSR count). The molecule has 21 heavy (non-hydrogen) atoms. The minimum Gasteiger partial charge on any atom is -0.493 e. The van der Waals surface area contributed by atoms with Crippen LogP contribution in [-0.2, 0) is 6.42 Å². The molecule has 0 radical (unpaired) electrons. The Labute approximate surface area is 130 Å². The molecule has 2 heteroatoms. The smallest absolute Gasteiger partial charge is 0.126 e. The van der Waals surface area contributed by atoms with E-state index in [1.807, 2.05) is 24.3 Å². The van der Waals surface area contributed by atoms with Gasteiger partial charge in [0.15, 0.2) is 0 Å². The Balaban J connectivity index is 2.74. The van der Waals surface area contributed by atoms with Crippen LogP contribution >= 0.6 is 0 Å². The molecule has 0 saturated carbocycles. The van der Waals surface area contributed by atoms with Crippen LogP contribution in [0.5, 0.6) is 11.5 Å². The molecule has 0 atom stereocenters. The van der Waals surface area contributed by atoms with Gasteiger partial charge in [-0.15, -0.1) is 6.58 Å². The van der Waals surface area contributed by atoms with Crippen molar-refractivity contribution in [3.8, 4) is 11.5 Å². The van der Waals surface area contributed by atoms with Crippen molar-refractivity contribution in [1.82, 2.24) is 0 Å². The lowest BCUT2D eigenvalue weighted by molar-refractivity contribution is 0.272. The summed E-state index contributed by atoms with van der Waals surface area (Å²) in [4.78, 5) is 0. The summed E-state index contributed by atoms with van der Waals surface area (Å²) in [6, 6.07) is 6.05. The van der Waals surface area contributed by atoms with E-state index in [0.717, 1.165) is 49.5 Å². The van der Waals surface area contributed by atoms with Gasteiger partial charge in [0.25, 0.3) is 0 Å². The van der Waals surface area contributed by atoms with Gasteiger partial charge < -0.3 is 9.47 Å². The quantitative estimate of drug-likeness (QED) is 0.547. The summed E-state index contributed by atoms with van der Waals surface area (Å²) in [6.45, 7) is 14.2. The van der Waals surface area contributed by atoms with Crippen molar-refractivity contribution in [3.63, 3.8) is 0 Å². The van der Waals surface area contributed by atoms with E-state index in [1.54, 1.807) is 0 Å². The van der Waals surface area contributed by atoms with Crippen LogP contribution in [0.2, 0.25) is 0 Å². The Bertz CT molecular complexity index is 389. The summed E-state index contributed by atoms with van der Waals surface area (Å²) in [7, 11) is 0. The molecule has 0 amide bonds. The molecule has 0 N–H and O–H groups in total. The van der Waals surface area contributed by atoms with Crippen LogP contribution in [-0.4, -0.2) is 13.2 Å². The Morgan fingerprint density at radius 2 is 1.43 bits per heavy atom. The lowest BCUT2D eigenvalue weighted by atomic mass is 10.1.